The van der Waals surface area contributed by atoms with Gasteiger partial charge in [0, 0.05) is 12.1 Å². The van der Waals surface area contributed by atoms with Crippen LogP contribution in [0.25, 0.3) is 11.3 Å². The summed E-state index contributed by atoms with van der Waals surface area (Å²) >= 11 is 6.05. The van der Waals surface area contributed by atoms with Crippen LogP contribution in [0.2, 0.25) is 5.15 Å². The van der Waals surface area contributed by atoms with E-state index in [4.69, 9.17) is 11.6 Å². The minimum absolute atomic E-state index is 0.399. The van der Waals surface area contributed by atoms with Crippen LogP contribution in [0.1, 0.15) is 17.3 Å². The fourth-order valence-corrected chi connectivity index (χ4v) is 1.87. The van der Waals surface area contributed by atoms with Crippen LogP contribution in [0.15, 0.2) is 30.3 Å². The quantitative estimate of drug-likeness (QED) is 0.766. The second-order valence-electron chi connectivity index (χ2n) is 3.35. The Bertz CT molecular complexity index is 505. The SMILES string of the molecule is CCn1nc(-c2ccccc2)c(C=O)c1Cl. The first kappa shape index (κ1) is 10.9. The van der Waals surface area contributed by atoms with Crippen molar-refractivity contribution in [2.75, 3.05) is 0 Å². The van der Waals surface area contributed by atoms with Gasteiger partial charge in [0.15, 0.2) is 6.29 Å². The molecule has 2 aromatic rings. The minimum Gasteiger partial charge on any atom is -0.298 e. The Labute approximate surface area is 98.7 Å². The highest BCUT2D eigenvalue weighted by molar-refractivity contribution is 6.32. The van der Waals surface area contributed by atoms with Gasteiger partial charge in [0.1, 0.15) is 10.8 Å². The van der Waals surface area contributed by atoms with E-state index in [-0.39, 0.29) is 0 Å². The van der Waals surface area contributed by atoms with Gasteiger partial charge in [-0.25, -0.2) is 0 Å². The zero-order chi connectivity index (χ0) is 11.5. The fourth-order valence-electron chi connectivity index (χ4n) is 1.58. The van der Waals surface area contributed by atoms with Crippen molar-refractivity contribution in [1.29, 1.82) is 0 Å². The molecule has 1 aromatic heterocycles. The molecule has 0 unspecified atom stereocenters. The summed E-state index contributed by atoms with van der Waals surface area (Å²) in [4.78, 5) is 11.0. The van der Waals surface area contributed by atoms with E-state index in [0.29, 0.717) is 23.0 Å². The van der Waals surface area contributed by atoms with Crippen LogP contribution < -0.4 is 0 Å². The lowest BCUT2D eigenvalue weighted by Gasteiger charge is -1.96. The first-order valence-electron chi connectivity index (χ1n) is 5.04. The molecule has 0 atom stereocenters. The smallest absolute Gasteiger partial charge is 0.155 e. The zero-order valence-electron chi connectivity index (χ0n) is 8.85. The van der Waals surface area contributed by atoms with Gasteiger partial charge in [-0.05, 0) is 6.92 Å². The van der Waals surface area contributed by atoms with Gasteiger partial charge in [-0.2, -0.15) is 5.10 Å². The maximum atomic E-state index is 11.0. The third-order valence-electron chi connectivity index (χ3n) is 2.39. The van der Waals surface area contributed by atoms with Gasteiger partial charge in [-0.3, -0.25) is 9.48 Å². The topological polar surface area (TPSA) is 34.9 Å². The fraction of sp³-hybridized carbons (Fsp3) is 0.167. The molecule has 0 amide bonds. The van der Waals surface area contributed by atoms with Gasteiger partial charge in [0.25, 0.3) is 0 Å². The lowest BCUT2D eigenvalue weighted by molar-refractivity contribution is 0.112. The van der Waals surface area contributed by atoms with E-state index in [0.717, 1.165) is 11.8 Å². The second kappa shape index (κ2) is 4.49. The monoisotopic (exact) mass is 234 g/mol. The van der Waals surface area contributed by atoms with Crippen molar-refractivity contribution in [3.05, 3.63) is 41.0 Å². The van der Waals surface area contributed by atoms with Gasteiger partial charge >= 0.3 is 0 Å². The van der Waals surface area contributed by atoms with Crippen molar-refractivity contribution in [3.63, 3.8) is 0 Å². The van der Waals surface area contributed by atoms with E-state index in [9.17, 15) is 4.79 Å². The average Bonchev–Trinajstić information content (AvgIpc) is 2.66. The third-order valence-corrected chi connectivity index (χ3v) is 2.79. The van der Waals surface area contributed by atoms with Crippen LogP contribution in [-0.4, -0.2) is 16.1 Å². The highest BCUT2D eigenvalue weighted by Gasteiger charge is 2.15. The summed E-state index contributed by atoms with van der Waals surface area (Å²) in [6.45, 7) is 2.58. The van der Waals surface area contributed by atoms with E-state index in [2.05, 4.69) is 5.10 Å². The molecule has 0 spiro atoms. The molecule has 0 saturated heterocycles. The van der Waals surface area contributed by atoms with Crippen LogP contribution >= 0.6 is 11.6 Å². The molecule has 1 heterocycles. The van der Waals surface area contributed by atoms with Crippen molar-refractivity contribution >= 4 is 17.9 Å². The molecular formula is C12H11ClN2O. The van der Waals surface area contributed by atoms with E-state index < -0.39 is 0 Å². The normalized spacial score (nSPS) is 10.4. The summed E-state index contributed by atoms with van der Waals surface area (Å²) in [5.74, 6) is 0. The van der Waals surface area contributed by atoms with Gasteiger partial charge in [-0.15, -0.1) is 0 Å². The summed E-state index contributed by atoms with van der Waals surface area (Å²) < 4.78 is 1.62. The molecule has 82 valence electrons. The zero-order valence-corrected chi connectivity index (χ0v) is 9.61. The van der Waals surface area contributed by atoms with Gasteiger partial charge in [0.2, 0.25) is 0 Å². The molecule has 0 saturated carbocycles. The van der Waals surface area contributed by atoms with Crippen molar-refractivity contribution in [3.8, 4) is 11.3 Å². The Morgan fingerprint density at radius 1 is 1.38 bits per heavy atom. The summed E-state index contributed by atoms with van der Waals surface area (Å²) in [6.07, 6.45) is 0.754. The largest absolute Gasteiger partial charge is 0.298 e. The molecule has 0 aliphatic heterocycles. The molecule has 0 radical (unpaired) electrons. The Hall–Kier alpha value is -1.61. The summed E-state index contributed by atoms with van der Waals surface area (Å²) in [5, 5.41) is 4.72. The Morgan fingerprint density at radius 2 is 2.06 bits per heavy atom. The first-order valence-corrected chi connectivity index (χ1v) is 5.42. The maximum Gasteiger partial charge on any atom is 0.155 e. The lowest BCUT2D eigenvalue weighted by atomic mass is 10.1. The van der Waals surface area contributed by atoms with E-state index in [1.807, 2.05) is 37.3 Å². The first-order chi connectivity index (χ1) is 7.77. The van der Waals surface area contributed by atoms with Crippen LogP contribution in [0.5, 0.6) is 0 Å². The Kier molecular flexibility index (Phi) is 3.06. The molecule has 3 nitrogen and oxygen atoms in total. The van der Waals surface area contributed by atoms with Crippen molar-refractivity contribution in [2.45, 2.75) is 13.5 Å². The molecule has 4 heteroatoms. The van der Waals surface area contributed by atoms with Crippen LogP contribution in [0, 0.1) is 0 Å². The van der Waals surface area contributed by atoms with Crippen LogP contribution in [0.4, 0.5) is 0 Å². The standard InChI is InChI=1S/C12H11ClN2O/c1-2-15-12(13)10(8-16)11(14-15)9-6-4-3-5-7-9/h3-8H,2H2,1H3. The predicted octanol–water partition coefficient (Wildman–Crippen LogP) is 3.04. The van der Waals surface area contributed by atoms with Crippen LogP contribution in [-0.2, 0) is 6.54 Å². The Balaban J connectivity index is 2.61. The number of hydrogen-bond acceptors (Lipinski definition) is 2. The summed E-state index contributed by atoms with van der Waals surface area (Å²) in [6, 6.07) is 9.55. The van der Waals surface area contributed by atoms with E-state index in [1.165, 1.54) is 0 Å². The third kappa shape index (κ3) is 1.74. The number of carbonyl (C=O) groups excluding carboxylic acids is 1. The van der Waals surface area contributed by atoms with Gasteiger partial charge < -0.3 is 0 Å². The summed E-state index contributed by atoms with van der Waals surface area (Å²) in [7, 11) is 0. The number of aryl methyl sites for hydroxylation is 1. The molecule has 0 N–H and O–H groups in total. The maximum absolute atomic E-state index is 11.0. The highest BCUT2D eigenvalue weighted by Crippen LogP contribution is 2.26. The minimum atomic E-state index is 0.399. The molecule has 2 rings (SSSR count). The van der Waals surface area contributed by atoms with E-state index >= 15 is 0 Å². The molecule has 0 aliphatic rings. The molecule has 1 aromatic carbocycles. The molecule has 0 bridgehead atoms. The van der Waals surface area contributed by atoms with Crippen molar-refractivity contribution in [2.24, 2.45) is 0 Å². The molecule has 16 heavy (non-hydrogen) atoms. The van der Waals surface area contributed by atoms with Crippen LogP contribution in [0.3, 0.4) is 0 Å². The van der Waals surface area contributed by atoms with Gasteiger partial charge in [0.05, 0.1) is 5.56 Å². The number of hydrogen-bond donors (Lipinski definition) is 0. The van der Waals surface area contributed by atoms with Crippen molar-refractivity contribution < 1.29 is 4.79 Å². The number of aldehydes is 1. The molecule has 0 aliphatic carbocycles. The number of aromatic nitrogens is 2. The van der Waals surface area contributed by atoms with Crippen molar-refractivity contribution in [1.82, 2.24) is 9.78 Å². The molecule has 0 fully saturated rings. The number of carbonyl (C=O) groups is 1. The predicted molar refractivity (Wildman–Crippen MR) is 63.7 cm³/mol. The number of rotatable bonds is 3. The second-order valence-corrected chi connectivity index (χ2v) is 3.71. The lowest BCUT2D eigenvalue weighted by Crippen LogP contribution is -1.96. The summed E-state index contributed by atoms with van der Waals surface area (Å²) in [5.41, 5.74) is 2.00. The molecular weight excluding hydrogens is 224 g/mol. The number of nitrogens with zero attached hydrogens (tertiary/aromatic N) is 2. The Morgan fingerprint density at radius 3 is 2.62 bits per heavy atom. The number of halogens is 1. The van der Waals surface area contributed by atoms with E-state index in [1.54, 1.807) is 4.68 Å². The average molecular weight is 235 g/mol. The van der Waals surface area contributed by atoms with Gasteiger partial charge in [-0.1, -0.05) is 41.9 Å². The highest BCUT2D eigenvalue weighted by atomic mass is 35.5. The number of benzene rings is 1.